The molecule has 0 spiro atoms. The molecule has 0 aliphatic heterocycles. The standard InChI is InChI=1S/C11H11FN2O2S/c12-9-2-7(4-13)1-8(3-9)5-17-6-10(14)11(15)16/h1-3,10H,5-6,14H2,(H,15,16). The SMILES string of the molecule is N#Cc1cc(F)cc(CSCC(N)C(=O)O)c1. The molecule has 0 aliphatic carbocycles. The Morgan fingerprint density at radius 3 is 2.88 bits per heavy atom. The monoisotopic (exact) mass is 254 g/mol. The average Bonchev–Trinajstić information content (AvgIpc) is 2.27. The molecule has 0 saturated heterocycles. The first-order valence-electron chi connectivity index (χ1n) is 4.78. The summed E-state index contributed by atoms with van der Waals surface area (Å²) in [6, 6.07) is 4.97. The summed E-state index contributed by atoms with van der Waals surface area (Å²) in [6.45, 7) is 0. The molecule has 0 aliphatic rings. The first-order valence-corrected chi connectivity index (χ1v) is 5.94. The van der Waals surface area contributed by atoms with E-state index >= 15 is 0 Å². The minimum absolute atomic E-state index is 0.244. The van der Waals surface area contributed by atoms with Crippen LogP contribution in [0.1, 0.15) is 11.1 Å². The molecule has 0 aromatic heterocycles. The molecule has 0 saturated carbocycles. The number of carboxylic acid groups (broad SMARTS) is 1. The van der Waals surface area contributed by atoms with Crippen LogP contribution in [-0.4, -0.2) is 22.9 Å². The van der Waals surface area contributed by atoms with Gasteiger partial charge in [-0.3, -0.25) is 4.79 Å². The molecule has 1 unspecified atom stereocenters. The van der Waals surface area contributed by atoms with E-state index in [1.807, 2.05) is 6.07 Å². The number of nitriles is 1. The van der Waals surface area contributed by atoms with Crippen molar-refractivity contribution in [2.75, 3.05) is 5.75 Å². The summed E-state index contributed by atoms with van der Waals surface area (Å²) in [6.07, 6.45) is 0. The van der Waals surface area contributed by atoms with Crippen LogP contribution in [0, 0.1) is 17.1 Å². The van der Waals surface area contributed by atoms with Gasteiger partial charge in [-0.2, -0.15) is 17.0 Å². The highest BCUT2D eigenvalue weighted by Gasteiger charge is 2.11. The van der Waals surface area contributed by atoms with Crippen LogP contribution in [-0.2, 0) is 10.5 Å². The predicted octanol–water partition coefficient (Wildman–Crippen LogP) is 1.34. The molecule has 1 atom stereocenters. The second-order valence-electron chi connectivity index (χ2n) is 3.42. The number of carbonyl (C=O) groups is 1. The number of hydrogen-bond donors (Lipinski definition) is 2. The quantitative estimate of drug-likeness (QED) is 0.828. The normalized spacial score (nSPS) is 11.8. The summed E-state index contributed by atoms with van der Waals surface area (Å²) >= 11 is 1.29. The third-order valence-corrected chi connectivity index (χ3v) is 3.10. The highest BCUT2D eigenvalue weighted by atomic mass is 32.2. The zero-order valence-electron chi connectivity index (χ0n) is 8.89. The third-order valence-electron chi connectivity index (χ3n) is 1.97. The first kappa shape index (κ1) is 13.5. The van der Waals surface area contributed by atoms with Gasteiger partial charge in [-0.25, -0.2) is 4.39 Å². The van der Waals surface area contributed by atoms with Crippen molar-refractivity contribution in [2.45, 2.75) is 11.8 Å². The number of hydrogen-bond acceptors (Lipinski definition) is 4. The molecule has 90 valence electrons. The maximum Gasteiger partial charge on any atom is 0.321 e. The fourth-order valence-electron chi connectivity index (χ4n) is 1.17. The van der Waals surface area contributed by atoms with Crippen molar-refractivity contribution in [1.29, 1.82) is 5.26 Å². The van der Waals surface area contributed by atoms with Crippen molar-refractivity contribution in [3.63, 3.8) is 0 Å². The number of halogens is 1. The molecule has 0 radical (unpaired) electrons. The van der Waals surface area contributed by atoms with Crippen molar-refractivity contribution >= 4 is 17.7 Å². The molecule has 0 bridgehead atoms. The Balaban J connectivity index is 2.55. The molecule has 0 amide bonds. The van der Waals surface area contributed by atoms with Gasteiger partial charge in [-0.1, -0.05) is 0 Å². The van der Waals surface area contributed by atoms with Crippen LogP contribution in [0.25, 0.3) is 0 Å². The van der Waals surface area contributed by atoms with E-state index in [2.05, 4.69) is 0 Å². The minimum atomic E-state index is -1.06. The Hall–Kier alpha value is -1.58. The van der Waals surface area contributed by atoms with E-state index in [9.17, 15) is 9.18 Å². The molecule has 0 fully saturated rings. The number of nitrogens with two attached hydrogens (primary N) is 1. The molecule has 17 heavy (non-hydrogen) atoms. The molecule has 4 nitrogen and oxygen atoms in total. The lowest BCUT2D eigenvalue weighted by molar-refractivity contribution is -0.137. The number of benzene rings is 1. The lowest BCUT2D eigenvalue weighted by Gasteiger charge is -2.06. The number of carboxylic acids is 1. The maximum atomic E-state index is 13.0. The van der Waals surface area contributed by atoms with Crippen LogP contribution < -0.4 is 5.73 Å². The number of nitrogens with zero attached hydrogens (tertiary/aromatic N) is 1. The van der Waals surface area contributed by atoms with Crippen LogP contribution in [0.5, 0.6) is 0 Å². The predicted molar refractivity (Wildman–Crippen MR) is 62.9 cm³/mol. The Bertz CT molecular complexity index is 459. The van der Waals surface area contributed by atoms with Gasteiger partial charge in [-0.05, 0) is 23.8 Å². The Morgan fingerprint density at radius 1 is 1.59 bits per heavy atom. The highest BCUT2D eigenvalue weighted by Crippen LogP contribution is 2.16. The number of thioether (sulfide) groups is 1. The molecule has 0 heterocycles. The van der Waals surface area contributed by atoms with E-state index in [1.165, 1.54) is 17.8 Å². The van der Waals surface area contributed by atoms with Gasteiger partial charge in [0.1, 0.15) is 11.9 Å². The van der Waals surface area contributed by atoms with Gasteiger partial charge < -0.3 is 10.8 Å². The van der Waals surface area contributed by atoms with Crippen molar-refractivity contribution in [2.24, 2.45) is 5.73 Å². The van der Waals surface area contributed by atoms with Gasteiger partial charge in [0, 0.05) is 11.5 Å². The van der Waals surface area contributed by atoms with E-state index in [4.69, 9.17) is 16.1 Å². The topological polar surface area (TPSA) is 87.1 Å². The molecule has 6 heteroatoms. The lowest BCUT2D eigenvalue weighted by Crippen LogP contribution is -2.32. The summed E-state index contributed by atoms with van der Waals surface area (Å²) in [5.74, 6) is -0.863. The summed E-state index contributed by atoms with van der Waals surface area (Å²) in [5, 5.41) is 17.2. The molecule has 3 N–H and O–H groups in total. The van der Waals surface area contributed by atoms with Crippen LogP contribution in [0.3, 0.4) is 0 Å². The van der Waals surface area contributed by atoms with Gasteiger partial charge in [0.25, 0.3) is 0 Å². The molecule has 1 rings (SSSR count). The van der Waals surface area contributed by atoms with Crippen molar-refractivity contribution in [3.05, 3.63) is 35.1 Å². The third kappa shape index (κ3) is 4.43. The van der Waals surface area contributed by atoms with Crippen LogP contribution in [0.2, 0.25) is 0 Å². The minimum Gasteiger partial charge on any atom is -0.480 e. The fourth-order valence-corrected chi connectivity index (χ4v) is 2.09. The van der Waals surface area contributed by atoms with Crippen LogP contribution in [0.15, 0.2) is 18.2 Å². The van der Waals surface area contributed by atoms with E-state index in [0.717, 1.165) is 6.07 Å². The largest absolute Gasteiger partial charge is 0.480 e. The second kappa shape index (κ2) is 6.23. The average molecular weight is 254 g/mol. The van der Waals surface area contributed by atoms with Gasteiger partial charge >= 0.3 is 5.97 Å². The number of rotatable bonds is 5. The van der Waals surface area contributed by atoms with E-state index in [0.29, 0.717) is 11.3 Å². The van der Waals surface area contributed by atoms with Gasteiger partial charge in [0.2, 0.25) is 0 Å². The highest BCUT2D eigenvalue weighted by molar-refractivity contribution is 7.98. The van der Waals surface area contributed by atoms with Crippen LogP contribution >= 0.6 is 11.8 Å². The van der Waals surface area contributed by atoms with Crippen molar-refractivity contribution in [3.8, 4) is 6.07 Å². The Morgan fingerprint density at radius 2 is 2.29 bits per heavy atom. The van der Waals surface area contributed by atoms with Crippen molar-refractivity contribution < 1.29 is 14.3 Å². The smallest absolute Gasteiger partial charge is 0.321 e. The summed E-state index contributed by atoms with van der Waals surface area (Å²) in [7, 11) is 0. The summed E-state index contributed by atoms with van der Waals surface area (Å²) in [5.41, 5.74) is 6.22. The van der Waals surface area contributed by atoms with Gasteiger partial charge in [0.15, 0.2) is 0 Å². The molecule has 1 aromatic rings. The molecule has 1 aromatic carbocycles. The summed E-state index contributed by atoms with van der Waals surface area (Å²) < 4.78 is 13.0. The first-order chi connectivity index (χ1) is 8.02. The summed E-state index contributed by atoms with van der Waals surface area (Å²) in [4.78, 5) is 10.5. The lowest BCUT2D eigenvalue weighted by atomic mass is 10.1. The molecular weight excluding hydrogens is 243 g/mol. The van der Waals surface area contributed by atoms with E-state index in [1.54, 1.807) is 6.07 Å². The van der Waals surface area contributed by atoms with Crippen molar-refractivity contribution in [1.82, 2.24) is 0 Å². The zero-order valence-corrected chi connectivity index (χ0v) is 9.71. The second-order valence-corrected chi connectivity index (χ2v) is 4.45. The van der Waals surface area contributed by atoms with Crippen LogP contribution in [0.4, 0.5) is 4.39 Å². The fraction of sp³-hybridized carbons (Fsp3) is 0.273. The van der Waals surface area contributed by atoms with Gasteiger partial charge in [0.05, 0.1) is 11.6 Å². The number of aliphatic carboxylic acids is 1. The zero-order chi connectivity index (χ0) is 12.8. The van der Waals surface area contributed by atoms with E-state index < -0.39 is 17.8 Å². The Kier molecular flexibility index (Phi) is 4.94. The van der Waals surface area contributed by atoms with Gasteiger partial charge in [-0.15, -0.1) is 0 Å². The van der Waals surface area contributed by atoms with E-state index in [-0.39, 0.29) is 11.3 Å². The molecular formula is C11H11FN2O2S. The maximum absolute atomic E-state index is 13.0. The Labute approximate surface area is 102 Å².